The Labute approximate surface area is 167 Å². The molecule has 0 aliphatic heterocycles. The zero-order valence-corrected chi connectivity index (χ0v) is 15.4. The van der Waals surface area contributed by atoms with E-state index in [1.165, 1.54) is 43.6 Å². The Balaban J connectivity index is 1.63. The molecule has 156 valence electrons. The number of rotatable bonds is 8. The number of hydroxylamine groups is 1. The normalized spacial score (nSPS) is 10.7. The van der Waals surface area contributed by atoms with Crippen LogP contribution >= 0.6 is 0 Å². The first-order valence-electron chi connectivity index (χ1n) is 8.31. The molecule has 12 heteroatoms. The topological polar surface area (TPSA) is 108 Å². The van der Waals surface area contributed by atoms with Gasteiger partial charge in [-0.25, -0.2) is 19.8 Å². The van der Waals surface area contributed by atoms with Gasteiger partial charge in [-0.1, -0.05) is 0 Å². The second kappa shape index (κ2) is 9.60. The maximum absolute atomic E-state index is 13.8. The quantitative estimate of drug-likeness (QED) is 0.553. The Kier molecular flexibility index (Phi) is 6.70. The molecule has 30 heavy (non-hydrogen) atoms. The lowest BCUT2D eigenvalue weighted by molar-refractivity contribution is -0.0528. The molecule has 9 nitrogen and oxygen atoms in total. The minimum Gasteiger partial charge on any atom is -0.497 e. The number of aromatic nitrogens is 4. The van der Waals surface area contributed by atoms with E-state index in [0.29, 0.717) is 11.3 Å². The molecule has 1 aromatic carbocycles. The third kappa shape index (κ3) is 5.38. The van der Waals surface area contributed by atoms with E-state index >= 15 is 0 Å². The maximum atomic E-state index is 13.8. The van der Waals surface area contributed by atoms with Crippen molar-refractivity contribution >= 4 is 5.91 Å². The zero-order valence-electron chi connectivity index (χ0n) is 15.4. The van der Waals surface area contributed by atoms with E-state index in [1.54, 1.807) is 0 Å². The van der Waals surface area contributed by atoms with E-state index in [2.05, 4.69) is 30.4 Å². The highest BCUT2D eigenvalue weighted by atomic mass is 19.3. The Morgan fingerprint density at radius 3 is 2.73 bits per heavy atom. The number of carbonyl (C=O) groups excluding carboxylic acids is 1. The molecular formula is C18H14F3N5O4. The predicted molar refractivity (Wildman–Crippen MR) is 94.9 cm³/mol. The summed E-state index contributed by atoms with van der Waals surface area (Å²) in [6, 6.07) is 6.67. The standard InChI is InChI=1S/C18H14F3N5O4/c1-28-12-3-4-13(19)11(6-12)9-29-26-17(27)14-8-23-25-16(24-14)10-2-5-15(22-7-10)30-18(20)21/h2-8,18H,9H2,1H3,(H,26,27). The van der Waals surface area contributed by atoms with Crippen LogP contribution in [0.15, 0.2) is 42.7 Å². The Morgan fingerprint density at radius 2 is 2.03 bits per heavy atom. The summed E-state index contributed by atoms with van der Waals surface area (Å²) >= 11 is 0. The summed E-state index contributed by atoms with van der Waals surface area (Å²) in [5.74, 6) is -1.10. The fourth-order valence-electron chi connectivity index (χ4n) is 2.23. The van der Waals surface area contributed by atoms with Crippen LogP contribution in [0.1, 0.15) is 16.1 Å². The molecule has 2 heterocycles. The monoisotopic (exact) mass is 421 g/mol. The number of ether oxygens (including phenoxy) is 2. The molecule has 1 N–H and O–H groups in total. The van der Waals surface area contributed by atoms with E-state index in [-0.39, 0.29) is 29.6 Å². The highest BCUT2D eigenvalue weighted by Gasteiger charge is 2.13. The summed E-state index contributed by atoms with van der Waals surface area (Å²) < 4.78 is 47.3. The van der Waals surface area contributed by atoms with Crippen molar-refractivity contribution in [3.63, 3.8) is 0 Å². The molecule has 0 radical (unpaired) electrons. The second-order valence-electron chi connectivity index (χ2n) is 5.61. The fraction of sp³-hybridized carbons (Fsp3) is 0.167. The summed E-state index contributed by atoms with van der Waals surface area (Å²) in [5, 5.41) is 7.44. The van der Waals surface area contributed by atoms with Crippen molar-refractivity contribution < 1.29 is 32.3 Å². The van der Waals surface area contributed by atoms with Gasteiger partial charge in [0.2, 0.25) is 5.88 Å². The number of methoxy groups -OCH3 is 1. The molecule has 0 unspecified atom stereocenters. The van der Waals surface area contributed by atoms with Crippen LogP contribution in [0.4, 0.5) is 13.2 Å². The summed E-state index contributed by atoms with van der Waals surface area (Å²) in [4.78, 5) is 24.9. The van der Waals surface area contributed by atoms with E-state index in [9.17, 15) is 18.0 Å². The molecule has 0 aliphatic carbocycles. The van der Waals surface area contributed by atoms with Gasteiger partial charge in [0, 0.05) is 23.4 Å². The van der Waals surface area contributed by atoms with Gasteiger partial charge >= 0.3 is 6.61 Å². The SMILES string of the molecule is COc1ccc(F)c(CONC(=O)c2cnnc(-c3ccc(OC(F)F)nc3)n2)c1. The first-order chi connectivity index (χ1) is 14.5. The van der Waals surface area contributed by atoms with Crippen molar-refractivity contribution in [3.8, 4) is 23.0 Å². The summed E-state index contributed by atoms with van der Waals surface area (Å²) in [7, 11) is 1.44. The molecule has 3 rings (SSSR count). The number of hydrogen-bond acceptors (Lipinski definition) is 8. The molecule has 0 saturated carbocycles. The van der Waals surface area contributed by atoms with Crippen LogP contribution in [0.2, 0.25) is 0 Å². The van der Waals surface area contributed by atoms with Crippen LogP contribution in [0, 0.1) is 5.82 Å². The molecular weight excluding hydrogens is 407 g/mol. The van der Waals surface area contributed by atoms with E-state index in [1.807, 2.05) is 0 Å². The number of nitrogens with one attached hydrogen (secondary N) is 1. The van der Waals surface area contributed by atoms with Crippen LogP contribution in [0.25, 0.3) is 11.4 Å². The zero-order chi connectivity index (χ0) is 21.5. The van der Waals surface area contributed by atoms with E-state index < -0.39 is 18.3 Å². The van der Waals surface area contributed by atoms with E-state index in [4.69, 9.17) is 9.57 Å². The first kappa shape index (κ1) is 20.9. The Morgan fingerprint density at radius 1 is 1.20 bits per heavy atom. The van der Waals surface area contributed by atoms with Gasteiger partial charge < -0.3 is 9.47 Å². The largest absolute Gasteiger partial charge is 0.497 e. The second-order valence-corrected chi connectivity index (χ2v) is 5.61. The number of halogens is 3. The van der Waals surface area contributed by atoms with Crippen molar-refractivity contribution in [1.29, 1.82) is 0 Å². The highest BCUT2D eigenvalue weighted by Crippen LogP contribution is 2.18. The molecule has 3 aromatic rings. The van der Waals surface area contributed by atoms with Crippen molar-refractivity contribution in [3.05, 3.63) is 59.8 Å². The molecule has 0 atom stereocenters. The van der Waals surface area contributed by atoms with Crippen molar-refractivity contribution in [2.75, 3.05) is 7.11 Å². The molecule has 1 amide bonds. The molecule has 0 bridgehead atoms. The van der Waals surface area contributed by atoms with Crippen LogP contribution in [0.3, 0.4) is 0 Å². The number of nitrogens with zero attached hydrogens (tertiary/aromatic N) is 4. The van der Waals surface area contributed by atoms with E-state index in [0.717, 1.165) is 6.20 Å². The van der Waals surface area contributed by atoms with Crippen LogP contribution in [-0.2, 0) is 11.4 Å². The van der Waals surface area contributed by atoms with Gasteiger partial charge in [0.1, 0.15) is 18.2 Å². The lowest BCUT2D eigenvalue weighted by Gasteiger charge is -2.08. The van der Waals surface area contributed by atoms with Gasteiger partial charge in [0.15, 0.2) is 11.5 Å². The van der Waals surface area contributed by atoms with Gasteiger partial charge in [-0.15, -0.1) is 5.10 Å². The van der Waals surface area contributed by atoms with Crippen LogP contribution in [0.5, 0.6) is 11.6 Å². The Bertz CT molecular complexity index is 1020. The average Bonchev–Trinajstić information content (AvgIpc) is 2.75. The summed E-state index contributed by atoms with van der Waals surface area (Å²) in [6.45, 7) is -3.26. The number of carbonyl (C=O) groups is 1. The van der Waals surface area contributed by atoms with Crippen molar-refractivity contribution in [2.24, 2.45) is 0 Å². The average molecular weight is 421 g/mol. The Hall–Kier alpha value is -3.80. The van der Waals surface area contributed by atoms with Gasteiger partial charge in [0.05, 0.1) is 13.3 Å². The highest BCUT2D eigenvalue weighted by molar-refractivity contribution is 5.91. The van der Waals surface area contributed by atoms with Crippen molar-refractivity contribution in [2.45, 2.75) is 13.2 Å². The summed E-state index contributed by atoms with van der Waals surface area (Å²) in [5.41, 5.74) is 2.48. The molecule has 0 fully saturated rings. The maximum Gasteiger partial charge on any atom is 0.388 e. The smallest absolute Gasteiger partial charge is 0.388 e. The summed E-state index contributed by atoms with van der Waals surface area (Å²) in [6.07, 6.45) is 2.29. The van der Waals surface area contributed by atoms with Gasteiger partial charge in [-0.3, -0.25) is 9.63 Å². The number of hydrogen-bond donors (Lipinski definition) is 1. The van der Waals surface area contributed by atoms with Gasteiger partial charge in [0.25, 0.3) is 5.91 Å². The first-order valence-corrected chi connectivity index (χ1v) is 8.31. The minimum atomic E-state index is -3.00. The molecule has 0 saturated heterocycles. The lowest BCUT2D eigenvalue weighted by atomic mass is 10.2. The number of benzene rings is 1. The van der Waals surface area contributed by atoms with Crippen LogP contribution in [-0.4, -0.2) is 39.8 Å². The fourth-order valence-corrected chi connectivity index (χ4v) is 2.23. The van der Waals surface area contributed by atoms with Gasteiger partial charge in [-0.05, 0) is 24.3 Å². The third-order valence-electron chi connectivity index (χ3n) is 3.64. The predicted octanol–water partition coefficient (Wildman–Crippen LogP) is 2.54. The number of alkyl halides is 2. The number of amides is 1. The number of pyridine rings is 1. The van der Waals surface area contributed by atoms with Crippen molar-refractivity contribution in [1.82, 2.24) is 25.6 Å². The lowest BCUT2D eigenvalue weighted by Crippen LogP contribution is -2.25. The molecule has 0 aliphatic rings. The third-order valence-corrected chi connectivity index (χ3v) is 3.64. The van der Waals surface area contributed by atoms with Crippen LogP contribution < -0.4 is 15.0 Å². The minimum absolute atomic E-state index is 0.0255. The van der Waals surface area contributed by atoms with Gasteiger partial charge in [-0.2, -0.15) is 13.9 Å². The molecule has 0 spiro atoms. The molecule has 2 aromatic heterocycles.